The van der Waals surface area contributed by atoms with Gasteiger partial charge in [0, 0.05) is 68.1 Å². The number of aliphatic imine (C=N–C) groups is 1. The summed E-state index contributed by atoms with van der Waals surface area (Å²) in [6.07, 6.45) is 5.41. The maximum atomic E-state index is 14.0. The Bertz CT molecular complexity index is 2810. The van der Waals surface area contributed by atoms with Crippen molar-refractivity contribution in [3.05, 3.63) is 70.8 Å². The van der Waals surface area contributed by atoms with Crippen molar-refractivity contribution in [3.63, 3.8) is 0 Å². The Hall–Kier alpha value is -6.44. The van der Waals surface area contributed by atoms with E-state index in [2.05, 4.69) is 30.3 Å². The molecule has 0 radical (unpaired) electrons. The molecular weight excluding hydrogens is 1210 g/mol. The molecule has 5 N–H and O–H groups in total. The van der Waals surface area contributed by atoms with Crippen molar-refractivity contribution in [2.45, 2.75) is 44.0 Å². The fourth-order valence-electron chi connectivity index (χ4n) is 7.82. The first-order valence-electron chi connectivity index (χ1n) is 28.7. The number of benzene rings is 2. The summed E-state index contributed by atoms with van der Waals surface area (Å²) in [4.78, 5) is 69.1. The maximum Gasteiger partial charge on any atom is 0.317 e. The highest BCUT2D eigenvalue weighted by molar-refractivity contribution is 7.85. The zero-order valence-electron chi connectivity index (χ0n) is 49.5. The Kier molecular flexibility index (Phi) is 34.4. The highest BCUT2D eigenvalue weighted by Gasteiger charge is 2.34. The second-order valence-electron chi connectivity index (χ2n) is 18.9. The minimum absolute atomic E-state index is 0.0123. The van der Waals surface area contributed by atoms with Crippen LogP contribution in [-0.4, -0.2) is 241 Å². The third kappa shape index (κ3) is 27.7. The number of nitrogens with zero attached hydrogens (tertiary/aromatic N) is 5. The Labute approximate surface area is 512 Å². The van der Waals surface area contributed by atoms with Crippen LogP contribution in [0.3, 0.4) is 0 Å². The molecule has 0 atom stereocenters. The average Bonchev–Trinajstić information content (AvgIpc) is 2.10. The van der Waals surface area contributed by atoms with Gasteiger partial charge >= 0.3 is 22.1 Å². The molecule has 496 valence electrons. The first-order chi connectivity index (χ1) is 43.1. The van der Waals surface area contributed by atoms with Gasteiger partial charge in [0.25, 0.3) is 5.91 Å². The third-order valence-corrected chi connectivity index (χ3v) is 13.1. The van der Waals surface area contributed by atoms with Gasteiger partial charge in [-0.1, -0.05) is 19.1 Å². The lowest BCUT2D eigenvalue weighted by atomic mass is 10.0. The molecule has 3 heterocycles. The molecule has 2 aromatic carbocycles. The van der Waals surface area contributed by atoms with Crippen LogP contribution in [0, 0.1) is 23.3 Å². The van der Waals surface area contributed by atoms with Crippen LogP contribution in [0.2, 0.25) is 0 Å². The first-order valence-corrected chi connectivity index (χ1v) is 30.1. The van der Waals surface area contributed by atoms with E-state index in [1.54, 1.807) is 23.4 Å². The molecule has 0 saturated carbocycles. The number of urea groups is 1. The number of nitrogens with two attached hydrogens (primary N) is 1. The van der Waals surface area contributed by atoms with Gasteiger partial charge in [0.15, 0.2) is 16.5 Å². The van der Waals surface area contributed by atoms with E-state index in [4.69, 9.17) is 67.2 Å². The normalized spacial score (nSPS) is 13.3. The van der Waals surface area contributed by atoms with Crippen molar-refractivity contribution in [1.82, 2.24) is 30.6 Å². The number of hydrogen-bond donors (Lipinski definition) is 4. The number of nitrogens with one attached hydrogen (secondary N) is 2. The van der Waals surface area contributed by atoms with Crippen molar-refractivity contribution in [2.24, 2.45) is 10.7 Å². The smallest absolute Gasteiger partial charge is 0.317 e. The number of carbonyl (C=O) groups is 4. The number of morpholine rings is 1. The Balaban J connectivity index is 0.760. The van der Waals surface area contributed by atoms with Crippen LogP contribution >= 0.6 is 0 Å². The van der Waals surface area contributed by atoms with Crippen LogP contribution in [0.4, 0.5) is 28.0 Å². The number of esters is 1. The standard InChI is InChI=1S/C56H78F4N8O20S/c1-2-8-68(87-13-7-62-56(72)67-9-14-78-15-10-67)55(71)42-34-41-4-3-40(35-44(41)66-45(61)36-42)43-37-63-46(64-38-43)39-65-47(69)5-11-76-16-18-79-20-22-81-24-26-83-28-30-85-32-33-86-31-29-84-27-25-82-23-21-80-19-17-77-12-6-48(70)88-53-49(57)51(59)54(89(73,74)75)52(60)50(53)58/h3-4,34-35,37-38H,2,5-33,36,39H2,1H3,(H2,61,66)(H,62,72)(H,65,69)(H,73,74,75). The lowest BCUT2D eigenvalue weighted by Crippen LogP contribution is -2.47. The summed E-state index contributed by atoms with van der Waals surface area (Å²) < 4.78 is 150. The maximum absolute atomic E-state index is 14.0. The fourth-order valence-corrected chi connectivity index (χ4v) is 8.45. The molecule has 0 spiro atoms. The molecule has 89 heavy (non-hydrogen) atoms. The second kappa shape index (κ2) is 41.8. The van der Waals surface area contributed by atoms with Crippen LogP contribution in [-0.2, 0) is 88.0 Å². The van der Waals surface area contributed by atoms with Gasteiger partial charge in [-0.05, 0) is 24.1 Å². The number of amidine groups is 1. The zero-order valence-corrected chi connectivity index (χ0v) is 50.3. The van der Waals surface area contributed by atoms with Gasteiger partial charge in [0.05, 0.1) is 171 Å². The lowest BCUT2D eigenvalue weighted by molar-refractivity contribution is -0.181. The quantitative estimate of drug-likeness (QED) is 0.0120. The summed E-state index contributed by atoms with van der Waals surface area (Å²) in [6, 6.07) is 5.37. The van der Waals surface area contributed by atoms with Crippen molar-refractivity contribution in [3.8, 4) is 16.9 Å². The molecule has 0 aliphatic carbocycles. The van der Waals surface area contributed by atoms with E-state index in [1.807, 2.05) is 25.1 Å². The van der Waals surface area contributed by atoms with Gasteiger partial charge in [-0.2, -0.15) is 17.2 Å². The molecule has 2 aliphatic rings. The van der Waals surface area contributed by atoms with Gasteiger partial charge in [0.1, 0.15) is 11.7 Å². The molecule has 0 unspecified atom stereocenters. The van der Waals surface area contributed by atoms with Crippen molar-refractivity contribution >= 4 is 51.5 Å². The summed E-state index contributed by atoms with van der Waals surface area (Å²) in [7, 11) is -5.65. The molecule has 1 fully saturated rings. The van der Waals surface area contributed by atoms with Crippen LogP contribution in [0.1, 0.15) is 44.0 Å². The Morgan fingerprint density at radius 3 is 1.63 bits per heavy atom. The summed E-state index contributed by atoms with van der Waals surface area (Å²) in [5.41, 5.74) is 9.50. The van der Waals surface area contributed by atoms with Crippen molar-refractivity contribution in [2.75, 3.05) is 178 Å². The largest absolute Gasteiger partial charge is 0.420 e. The van der Waals surface area contributed by atoms with Crippen LogP contribution in [0.25, 0.3) is 17.2 Å². The minimum atomic E-state index is -5.65. The van der Waals surface area contributed by atoms with Crippen LogP contribution in [0.5, 0.6) is 5.75 Å². The number of halogens is 4. The highest BCUT2D eigenvalue weighted by Crippen LogP contribution is 2.34. The molecule has 33 heteroatoms. The van der Waals surface area contributed by atoms with Gasteiger partial charge < -0.3 is 78.1 Å². The van der Waals surface area contributed by atoms with E-state index < -0.39 is 56.4 Å². The van der Waals surface area contributed by atoms with Gasteiger partial charge in [-0.25, -0.2) is 33.6 Å². The Morgan fingerprint density at radius 1 is 0.663 bits per heavy atom. The highest BCUT2D eigenvalue weighted by atomic mass is 32.2. The summed E-state index contributed by atoms with van der Waals surface area (Å²) in [6.45, 7) is 10.3. The van der Waals surface area contributed by atoms with Crippen LogP contribution in [0.15, 0.2) is 46.1 Å². The topological polar surface area (TPSA) is 337 Å². The molecule has 2 aliphatic heterocycles. The summed E-state index contributed by atoms with van der Waals surface area (Å²) in [5.74, 6) is -12.6. The number of hydrogen-bond acceptors (Lipinski definition) is 23. The van der Waals surface area contributed by atoms with Gasteiger partial charge in [-0.3, -0.25) is 23.8 Å². The number of amides is 4. The fraction of sp³-hybridized carbons (Fsp3) is 0.589. The number of aromatic nitrogens is 2. The van der Waals surface area contributed by atoms with Crippen LogP contribution < -0.4 is 21.1 Å². The van der Waals surface area contributed by atoms with Gasteiger partial charge in [-0.15, -0.1) is 0 Å². The monoisotopic (exact) mass is 1290 g/mol. The number of rotatable bonds is 45. The van der Waals surface area contributed by atoms with Crippen molar-refractivity contribution in [1.29, 1.82) is 0 Å². The molecule has 4 amide bonds. The van der Waals surface area contributed by atoms with Crippen molar-refractivity contribution < 1.29 is 111 Å². The summed E-state index contributed by atoms with van der Waals surface area (Å²) in [5, 5.41) is 6.92. The van der Waals surface area contributed by atoms with E-state index in [0.717, 1.165) is 11.1 Å². The molecular formula is C56H78F4N8O20S. The Morgan fingerprint density at radius 2 is 1.15 bits per heavy atom. The number of carbonyl (C=O) groups excluding carboxylic acids is 4. The van der Waals surface area contributed by atoms with E-state index in [0.29, 0.717) is 154 Å². The molecule has 5 rings (SSSR count). The predicted octanol–water partition coefficient (Wildman–Crippen LogP) is 3.10. The van der Waals surface area contributed by atoms with Gasteiger partial charge in [0.2, 0.25) is 23.3 Å². The molecule has 1 saturated heterocycles. The third-order valence-electron chi connectivity index (χ3n) is 12.3. The van der Waals surface area contributed by atoms with E-state index in [1.165, 1.54) is 5.06 Å². The molecule has 1 aromatic heterocycles. The first kappa shape index (κ1) is 73.3. The zero-order chi connectivity index (χ0) is 64.1. The number of fused-ring (bicyclic) bond motifs is 1. The number of hydroxylamine groups is 2. The molecule has 3 aromatic rings. The average molecular weight is 1290 g/mol. The molecule has 28 nitrogen and oxygen atoms in total. The lowest BCUT2D eigenvalue weighted by Gasteiger charge is -2.27. The number of ether oxygens (including phenoxy) is 12. The summed E-state index contributed by atoms with van der Waals surface area (Å²) >= 11 is 0. The van der Waals surface area contributed by atoms with E-state index in [-0.39, 0.29) is 95.9 Å². The van der Waals surface area contributed by atoms with E-state index >= 15 is 0 Å². The SMILES string of the molecule is CCCN(OCCNC(=O)N1CCOCC1)C(=O)C1=Cc2ccc(-c3cnc(CNC(=O)CCOCCOCCOCCOCCOCCOCCOCCOCCOCCOCCC(=O)Oc4c(F)c(F)c(S(=O)(=O)O)c(F)c4F)nc3)cc2N=C(N)C1. The van der Waals surface area contributed by atoms with E-state index in [9.17, 15) is 45.2 Å². The second-order valence-corrected chi connectivity index (χ2v) is 20.3. The molecule has 0 bridgehead atoms. The minimum Gasteiger partial charge on any atom is -0.420 e. The predicted molar refractivity (Wildman–Crippen MR) is 306 cm³/mol.